The zero-order chi connectivity index (χ0) is 30.3. The number of carbonyl (C=O) groups excluding carboxylic acids is 2. The van der Waals surface area contributed by atoms with Crippen molar-refractivity contribution in [1.82, 2.24) is 10.2 Å². The number of halogens is 2. The van der Waals surface area contributed by atoms with Gasteiger partial charge in [0.25, 0.3) is 10.0 Å². The number of sulfonamides is 1. The van der Waals surface area contributed by atoms with Gasteiger partial charge in [0.15, 0.2) is 0 Å². The lowest BCUT2D eigenvalue weighted by molar-refractivity contribution is -0.140. The maximum Gasteiger partial charge on any atom is 0.264 e. The molecule has 0 heterocycles. The van der Waals surface area contributed by atoms with Gasteiger partial charge in [-0.25, -0.2) is 8.42 Å². The number of aryl methyl sites for hydroxylation is 1. The second kappa shape index (κ2) is 14.5. The van der Waals surface area contributed by atoms with Crippen LogP contribution in [-0.2, 0) is 26.2 Å². The molecule has 1 aliphatic rings. The Hall–Kier alpha value is -2.88. The van der Waals surface area contributed by atoms with Gasteiger partial charge in [-0.3, -0.25) is 13.9 Å². The summed E-state index contributed by atoms with van der Waals surface area (Å²) >= 11 is 9.51. The molecular weight excluding hydrogens is 638 g/mol. The third kappa shape index (κ3) is 8.14. The molecule has 3 aromatic carbocycles. The predicted molar refractivity (Wildman–Crippen MR) is 171 cm³/mol. The fourth-order valence-electron chi connectivity index (χ4n) is 5.22. The fourth-order valence-corrected chi connectivity index (χ4v) is 7.03. The number of nitrogens with zero attached hydrogens (tertiary/aromatic N) is 2. The summed E-state index contributed by atoms with van der Waals surface area (Å²) in [6.07, 6.45) is 5.49. The van der Waals surface area contributed by atoms with Crippen LogP contribution in [0.15, 0.2) is 82.2 Å². The molecule has 42 heavy (non-hydrogen) atoms. The van der Waals surface area contributed by atoms with E-state index in [1.807, 2.05) is 26.0 Å². The van der Waals surface area contributed by atoms with Gasteiger partial charge in [-0.2, -0.15) is 0 Å². The van der Waals surface area contributed by atoms with Gasteiger partial charge in [0.1, 0.15) is 12.6 Å². The number of hydrogen-bond acceptors (Lipinski definition) is 4. The lowest BCUT2D eigenvalue weighted by Crippen LogP contribution is -2.54. The average Bonchev–Trinajstić information content (AvgIpc) is 2.98. The maximum atomic E-state index is 14.2. The number of amides is 2. The van der Waals surface area contributed by atoms with E-state index in [0.29, 0.717) is 17.1 Å². The van der Waals surface area contributed by atoms with Crippen LogP contribution < -0.4 is 9.62 Å². The molecule has 224 valence electrons. The van der Waals surface area contributed by atoms with Crippen molar-refractivity contribution in [1.29, 1.82) is 0 Å². The highest BCUT2D eigenvalue weighted by Crippen LogP contribution is 2.27. The number of rotatable bonds is 11. The van der Waals surface area contributed by atoms with E-state index in [4.69, 9.17) is 11.6 Å². The average molecular weight is 675 g/mol. The molecule has 1 atom stereocenters. The molecule has 1 N–H and O–H groups in total. The number of nitrogens with one attached hydrogen (secondary N) is 1. The van der Waals surface area contributed by atoms with Crippen molar-refractivity contribution in [2.45, 2.75) is 75.9 Å². The highest BCUT2D eigenvalue weighted by molar-refractivity contribution is 9.10. The molecule has 0 radical (unpaired) electrons. The Morgan fingerprint density at radius 1 is 0.952 bits per heavy atom. The Bertz CT molecular complexity index is 1460. The van der Waals surface area contributed by atoms with Crippen molar-refractivity contribution in [2.24, 2.45) is 0 Å². The molecule has 2 amide bonds. The van der Waals surface area contributed by atoms with E-state index in [1.165, 1.54) is 4.90 Å². The standard InChI is InChI=1S/C32H37BrClN3O4S/c1-3-30(32(39)35-27-7-5-4-6-8-27)36(21-24-11-15-26(34)16-12-24)31(38)22-37(28-17-13-25(33)14-18-28)42(40,41)29-19-9-23(2)10-20-29/h9-20,27,30H,3-8,21-22H2,1-2H3,(H,35,39)/t30-/m1/s1. The number of benzene rings is 3. The molecule has 7 nitrogen and oxygen atoms in total. The highest BCUT2D eigenvalue weighted by atomic mass is 79.9. The van der Waals surface area contributed by atoms with E-state index in [-0.39, 0.29) is 23.4 Å². The second-order valence-electron chi connectivity index (χ2n) is 10.7. The Morgan fingerprint density at radius 3 is 2.17 bits per heavy atom. The van der Waals surface area contributed by atoms with Gasteiger partial charge in [-0.1, -0.05) is 83.5 Å². The lowest BCUT2D eigenvalue weighted by atomic mass is 9.95. The van der Waals surface area contributed by atoms with Gasteiger partial charge in [-0.15, -0.1) is 0 Å². The van der Waals surface area contributed by atoms with Crippen molar-refractivity contribution in [3.63, 3.8) is 0 Å². The summed E-state index contributed by atoms with van der Waals surface area (Å²) in [5.74, 6) is -0.697. The molecule has 4 rings (SSSR count). The van der Waals surface area contributed by atoms with Crippen LogP contribution in [0.1, 0.15) is 56.6 Å². The van der Waals surface area contributed by atoms with Gasteiger partial charge in [0.2, 0.25) is 11.8 Å². The summed E-state index contributed by atoms with van der Waals surface area (Å²) in [7, 11) is -4.11. The van der Waals surface area contributed by atoms with Crippen molar-refractivity contribution >= 4 is 55.1 Å². The minimum Gasteiger partial charge on any atom is -0.352 e. The zero-order valence-corrected chi connectivity index (χ0v) is 27.1. The Balaban J connectivity index is 1.69. The van der Waals surface area contributed by atoms with E-state index in [9.17, 15) is 18.0 Å². The monoisotopic (exact) mass is 673 g/mol. The first-order valence-electron chi connectivity index (χ1n) is 14.3. The molecular formula is C32H37BrClN3O4S. The first-order valence-corrected chi connectivity index (χ1v) is 16.9. The molecule has 0 aliphatic heterocycles. The minimum atomic E-state index is -4.11. The van der Waals surface area contributed by atoms with Gasteiger partial charge in [-0.05, 0) is 80.3 Å². The van der Waals surface area contributed by atoms with Crippen LogP contribution in [0, 0.1) is 6.92 Å². The van der Waals surface area contributed by atoms with Crippen LogP contribution in [0.5, 0.6) is 0 Å². The van der Waals surface area contributed by atoms with Crippen LogP contribution in [-0.4, -0.2) is 43.8 Å². The molecule has 0 bridgehead atoms. The van der Waals surface area contributed by atoms with E-state index < -0.39 is 28.5 Å². The molecule has 10 heteroatoms. The van der Waals surface area contributed by atoms with Crippen molar-refractivity contribution in [3.8, 4) is 0 Å². The Morgan fingerprint density at radius 2 is 1.57 bits per heavy atom. The number of hydrogen-bond donors (Lipinski definition) is 1. The van der Waals surface area contributed by atoms with E-state index in [1.54, 1.807) is 60.7 Å². The topological polar surface area (TPSA) is 86.8 Å². The zero-order valence-electron chi connectivity index (χ0n) is 23.9. The molecule has 1 fully saturated rings. The summed E-state index contributed by atoms with van der Waals surface area (Å²) in [4.78, 5) is 29.4. The molecule has 3 aromatic rings. The smallest absolute Gasteiger partial charge is 0.264 e. The van der Waals surface area contributed by atoms with Crippen LogP contribution in [0.25, 0.3) is 0 Å². The largest absolute Gasteiger partial charge is 0.352 e. The maximum absolute atomic E-state index is 14.2. The summed E-state index contributed by atoms with van der Waals surface area (Å²) in [6.45, 7) is 3.40. The molecule has 0 spiro atoms. The summed E-state index contributed by atoms with van der Waals surface area (Å²) in [6, 6.07) is 19.7. The molecule has 1 aliphatic carbocycles. The highest BCUT2D eigenvalue weighted by Gasteiger charge is 2.34. The van der Waals surface area contributed by atoms with E-state index in [2.05, 4.69) is 21.2 Å². The third-order valence-corrected chi connectivity index (χ3v) is 10.2. The summed E-state index contributed by atoms with van der Waals surface area (Å²) in [5.41, 5.74) is 2.05. The van der Waals surface area contributed by atoms with E-state index in [0.717, 1.165) is 52.0 Å². The SMILES string of the molecule is CC[C@H](C(=O)NC1CCCCC1)N(Cc1ccc(Cl)cc1)C(=O)CN(c1ccc(Br)cc1)S(=O)(=O)c1ccc(C)cc1. The molecule has 1 saturated carbocycles. The summed E-state index contributed by atoms with van der Waals surface area (Å²) < 4.78 is 29.8. The van der Waals surface area contributed by atoms with Crippen molar-refractivity contribution in [2.75, 3.05) is 10.8 Å². The van der Waals surface area contributed by atoms with Gasteiger partial charge in [0, 0.05) is 22.1 Å². The quantitative estimate of drug-likeness (QED) is 0.241. The van der Waals surface area contributed by atoms with Gasteiger partial charge < -0.3 is 10.2 Å². The van der Waals surface area contributed by atoms with Crippen LogP contribution in [0.3, 0.4) is 0 Å². The Kier molecular flexibility index (Phi) is 11.1. The molecule has 0 unspecified atom stereocenters. The van der Waals surface area contributed by atoms with Gasteiger partial charge >= 0.3 is 0 Å². The first-order chi connectivity index (χ1) is 20.1. The predicted octanol–water partition coefficient (Wildman–Crippen LogP) is 6.86. The van der Waals surface area contributed by atoms with Crippen LogP contribution in [0.2, 0.25) is 5.02 Å². The van der Waals surface area contributed by atoms with Gasteiger partial charge in [0.05, 0.1) is 10.6 Å². The van der Waals surface area contributed by atoms with Crippen LogP contribution in [0.4, 0.5) is 5.69 Å². The second-order valence-corrected chi connectivity index (χ2v) is 13.9. The Labute approximate surface area is 262 Å². The number of anilines is 1. The summed E-state index contributed by atoms with van der Waals surface area (Å²) in [5, 5.41) is 3.72. The third-order valence-electron chi connectivity index (χ3n) is 7.61. The van der Waals surface area contributed by atoms with Crippen LogP contribution >= 0.6 is 27.5 Å². The molecule has 0 saturated heterocycles. The molecule has 0 aromatic heterocycles. The van der Waals surface area contributed by atoms with Crippen molar-refractivity contribution in [3.05, 3.63) is 93.4 Å². The minimum absolute atomic E-state index is 0.0777. The first kappa shape index (κ1) is 32.0. The van der Waals surface area contributed by atoms with Crippen molar-refractivity contribution < 1.29 is 18.0 Å². The lowest BCUT2D eigenvalue weighted by Gasteiger charge is -2.34. The fraction of sp³-hybridized carbons (Fsp3) is 0.375. The van der Waals surface area contributed by atoms with E-state index >= 15 is 0 Å². The normalized spacial score (nSPS) is 14.7. The number of carbonyl (C=O) groups is 2.